The molecule has 0 aliphatic heterocycles. The van der Waals surface area contributed by atoms with E-state index in [4.69, 9.17) is 10.5 Å². The van der Waals surface area contributed by atoms with Crippen molar-refractivity contribution in [2.45, 2.75) is 64.4 Å². The number of unbranched alkanes of at least 4 members (excludes halogenated alkanes) is 2. The maximum atomic E-state index is 11.5. The molecular weight excluding hydrogens is 202 g/mol. The van der Waals surface area contributed by atoms with Crippen LogP contribution in [0.3, 0.4) is 0 Å². The van der Waals surface area contributed by atoms with E-state index in [1.807, 2.05) is 0 Å². The van der Waals surface area contributed by atoms with Crippen LogP contribution in [0.4, 0.5) is 0 Å². The highest BCUT2D eigenvalue weighted by Crippen LogP contribution is 2.25. The number of hydrogen-bond acceptors (Lipinski definition) is 3. The van der Waals surface area contributed by atoms with Gasteiger partial charge in [-0.15, -0.1) is 0 Å². The molecule has 1 fully saturated rings. The first-order valence-electron chi connectivity index (χ1n) is 6.62. The highest BCUT2D eigenvalue weighted by molar-refractivity contribution is 5.69. The summed E-state index contributed by atoms with van der Waals surface area (Å²) < 4.78 is 5.45. The van der Waals surface area contributed by atoms with Crippen LogP contribution in [0.5, 0.6) is 0 Å². The first-order chi connectivity index (χ1) is 7.72. The van der Waals surface area contributed by atoms with Gasteiger partial charge >= 0.3 is 5.97 Å². The van der Waals surface area contributed by atoms with Crippen molar-refractivity contribution in [3.63, 3.8) is 0 Å². The summed E-state index contributed by atoms with van der Waals surface area (Å²) in [5.74, 6) is 0.788. The number of carbonyl (C=O) groups is 1. The summed E-state index contributed by atoms with van der Waals surface area (Å²) in [6.07, 6.45) is 8.21. The van der Waals surface area contributed by atoms with Crippen LogP contribution in [0, 0.1) is 5.92 Å². The number of esters is 1. The van der Waals surface area contributed by atoms with Crippen molar-refractivity contribution in [1.29, 1.82) is 0 Å². The Morgan fingerprint density at radius 3 is 2.50 bits per heavy atom. The van der Waals surface area contributed by atoms with Crippen LogP contribution in [0.1, 0.15) is 58.3 Å². The van der Waals surface area contributed by atoms with Crippen molar-refractivity contribution in [2.75, 3.05) is 6.54 Å². The summed E-state index contributed by atoms with van der Waals surface area (Å²) in [7, 11) is 0. The molecule has 1 aliphatic rings. The highest BCUT2D eigenvalue weighted by Gasteiger charge is 2.20. The molecule has 94 valence electrons. The zero-order valence-corrected chi connectivity index (χ0v) is 10.4. The maximum Gasteiger partial charge on any atom is 0.306 e. The van der Waals surface area contributed by atoms with Gasteiger partial charge in [-0.2, -0.15) is 0 Å². The Labute approximate surface area is 98.7 Å². The molecule has 0 atom stereocenters. The van der Waals surface area contributed by atoms with E-state index in [0.29, 0.717) is 6.42 Å². The molecule has 16 heavy (non-hydrogen) atoms. The van der Waals surface area contributed by atoms with E-state index in [-0.39, 0.29) is 12.1 Å². The Morgan fingerprint density at radius 1 is 1.19 bits per heavy atom. The van der Waals surface area contributed by atoms with E-state index < -0.39 is 0 Å². The van der Waals surface area contributed by atoms with Crippen LogP contribution in [-0.2, 0) is 9.53 Å². The van der Waals surface area contributed by atoms with Gasteiger partial charge < -0.3 is 10.5 Å². The number of rotatable bonds is 6. The summed E-state index contributed by atoms with van der Waals surface area (Å²) >= 11 is 0. The third-order valence-corrected chi connectivity index (χ3v) is 3.35. The van der Waals surface area contributed by atoms with E-state index in [1.54, 1.807) is 0 Å². The summed E-state index contributed by atoms with van der Waals surface area (Å²) in [5.41, 5.74) is 5.39. The van der Waals surface area contributed by atoms with Crippen LogP contribution in [0.2, 0.25) is 0 Å². The largest absolute Gasteiger partial charge is 0.462 e. The SMILES string of the molecule is CC1CCC(OC(=O)CCCCCN)CC1. The molecule has 0 spiro atoms. The maximum absolute atomic E-state index is 11.5. The van der Waals surface area contributed by atoms with Crippen molar-refractivity contribution in [2.24, 2.45) is 11.7 Å². The lowest BCUT2D eigenvalue weighted by atomic mass is 9.89. The number of ether oxygens (including phenoxy) is 1. The van der Waals surface area contributed by atoms with Gasteiger partial charge in [0.05, 0.1) is 0 Å². The van der Waals surface area contributed by atoms with Crippen molar-refractivity contribution < 1.29 is 9.53 Å². The van der Waals surface area contributed by atoms with Gasteiger partial charge in [-0.3, -0.25) is 4.79 Å². The lowest BCUT2D eigenvalue weighted by Crippen LogP contribution is -2.23. The second-order valence-corrected chi connectivity index (χ2v) is 4.97. The third kappa shape index (κ3) is 5.50. The molecule has 1 saturated carbocycles. The Kier molecular flexibility index (Phi) is 6.46. The first-order valence-corrected chi connectivity index (χ1v) is 6.62. The number of nitrogens with two attached hydrogens (primary N) is 1. The lowest BCUT2D eigenvalue weighted by molar-refractivity contribution is -0.151. The molecule has 0 radical (unpaired) electrons. The predicted molar refractivity (Wildman–Crippen MR) is 65.0 cm³/mol. The summed E-state index contributed by atoms with van der Waals surface area (Å²) in [6.45, 7) is 2.99. The predicted octanol–water partition coefficient (Wildman–Crippen LogP) is 2.63. The fraction of sp³-hybridized carbons (Fsp3) is 0.923. The van der Waals surface area contributed by atoms with Crippen LogP contribution in [0.15, 0.2) is 0 Å². The standard InChI is InChI=1S/C13H25NO2/c1-11-6-8-12(9-7-11)16-13(15)5-3-2-4-10-14/h11-12H,2-10,14H2,1H3. The van der Waals surface area contributed by atoms with Gasteiger partial charge in [0.1, 0.15) is 6.10 Å². The second kappa shape index (κ2) is 7.66. The Bertz CT molecular complexity index is 198. The average Bonchev–Trinajstić information content (AvgIpc) is 2.28. The molecule has 2 N–H and O–H groups in total. The Balaban J connectivity index is 2.05. The van der Waals surface area contributed by atoms with Crippen LogP contribution in [0.25, 0.3) is 0 Å². The minimum atomic E-state index is -0.0171. The van der Waals surface area contributed by atoms with Gasteiger partial charge in [0.15, 0.2) is 0 Å². The van der Waals surface area contributed by atoms with Gasteiger partial charge in [-0.05, 0) is 51.0 Å². The summed E-state index contributed by atoms with van der Waals surface area (Å²) in [5, 5.41) is 0. The fourth-order valence-corrected chi connectivity index (χ4v) is 2.18. The minimum absolute atomic E-state index is 0.0171. The Morgan fingerprint density at radius 2 is 1.88 bits per heavy atom. The van der Waals surface area contributed by atoms with Gasteiger partial charge in [0.2, 0.25) is 0 Å². The molecule has 0 aromatic rings. The average molecular weight is 227 g/mol. The van der Waals surface area contributed by atoms with E-state index in [0.717, 1.165) is 44.6 Å². The molecule has 0 aromatic heterocycles. The van der Waals surface area contributed by atoms with Crippen LogP contribution < -0.4 is 5.73 Å². The molecule has 3 heteroatoms. The van der Waals surface area contributed by atoms with Crippen LogP contribution >= 0.6 is 0 Å². The lowest BCUT2D eigenvalue weighted by Gasteiger charge is -2.25. The molecular formula is C13H25NO2. The normalized spacial score (nSPS) is 25.4. The van der Waals surface area contributed by atoms with E-state index in [9.17, 15) is 4.79 Å². The molecule has 0 saturated heterocycles. The van der Waals surface area contributed by atoms with Gasteiger partial charge in [0.25, 0.3) is 0 Å². The zero-order valence-electron chi connectivity index (χ0n) is 10.4. The minimum Gasteiger partial charge on any atom is -0.462 e. The quantitative estimate of drug-likeness (QED) is 0.560. The highest BCUT2D eigenvalue weighted by atomic mass is 16.5. The summed E-state index contributed by atoms with van der Waals surface area (Å²) in [4.78, 5) is 11.5. The topological polar surface area (TPSA) is 52.3 Å². The molecule has 0 bridgehead atoms. The van der Waals surface area contributed by atoms with Crippen molar-refractivity contribution in [1.82, 2.24) is 0 Å². The van der Waals surface area contributed by atoms with Crippen molar-refractivity contribution in [3.8, 4) is 0 Å². The zero-order chi connectivity index (χ0) is 11.8. The molecule has 1 aliphatic carbocycles. The molecule has 0 heterocycles. The number of hydrogen-bond donors (Lipinski definition) is 1. The molecule has 0 unspecified atom stereocenters. The Hall–Kier alpha value is -0.570. The monoisotopic (exact) mass is 227 g/mol. The first kappa shape index (κ1) is 13.5. The van der Waals surface area contributed by atoms with E-state index in [1.165, 1.54) is 12.8 Å². The van der Waals surface area contributed by atoms with Crippen molar-refractivity contribution >= 4 is 5.97 Å². The number of carbonyl (C=O) groups excluding carboxylic acids is 1. The second-order valence-electron chi connectivity index (χ2n) is 4.97. The van der Waals surface area contributed by atoms with E-state index >= 15 is 0 Å². The smallest absolute Gasteiger partial charge is 0.306 e. The van der Waals surface area contributed by atoms with Gasteiger partial charge in [-0.25, -0.2) is 0 Å². The van der Waals surface area contributed by atoms with Crippen LogP contribution in [-0.4, -0.2) is 18.6 Å². The fourth-order valence-electron chi connectivity index (χ4n) is 2.18. The molecule has 0 amide bonds. The van der Waals surface area contributed by atoms with Gasteiger partial charge in [-0.1, -0.05) is 13.3 Å². The van der Waals surface area contributed by atoms with Gasteiger partial charge in [0, 0.05) is 6.42 Å². The molecule has 0 aromatic carbocycles. The van der Waals surface area contributed by atoms with Crippen molar-refractivity contribution in [3.05, 3.63) is 0 Å². The third-order valence-electron chi connectivity index (χ3n) is 3.35. The molecule has 1 rings (SSSR count). The molecule has 3 nitrogen and oxygen atoms in total. The van der Waals surface area contributed by atoms with E-state index in [2.05, 4.69) is 6.92 Å². The summed E-state index contributed by atoms with van der Waals surface area (Å²) in [6, 6.07) is 0.